The first-order valence-corrected chi connectivity index (χ1v) is 10.9. The van der Waals surface area contributed by atoms with Gasteiger partial charge in [0.1, 0.15) is 18.1 Å². The maximum Gasteiger partial charge on any atom is 0.409 e. The minimum absolute atomic E-state index is 0.0622. The fourth-order valence-electron chi connectivity index (χ4n) is 3.53. The zero-order valence-corrected chi connectivity index (χ0v) is 19.2. The molecule has 0 bridgehead atoms. The lowest BCUT2D eigenvalue weighted by molar-refractivity contribution is 0.113. The molecule has 0 spiro atoms. The van der Waals surface area contributed by atoms with Crippen molar-refractivity contribution in [3.63, 3.8) is 0 Å². The lowest BCUT2D eigenvalue weighted by atomic mass is 9.98. The fourth-order valence-corrected chi connectivity index (χ4v) is 3.53. The molecule has 0 atom stereocenters. The van der Waals surface area contributed by atoms with Crippen LogP contribution in [0.1, 0.15) is 56.8 Å². The SMILES string of the molecule is CCCN(C)C(=O)OC/C(=C(/N)c1ccc(OC2CCCCC2)c(COC)n1)N(C)N. The molecule has 174 valence electrons. The number of carbonyl (C=O) groups excluding carboxylic acids is 1. The maximum atomic E-state index is 12.1. The third-order valence-corrected chi connectivity index (χ3v) is 5.27. The Morgan fingerprint density at radius 3 is 2.55 bits per heavy atom. The zero-order chi connectivity index (χ0) is 22.8. The van der Waals surface area contributed by atoms with Crippen molar-refractivity contribution in [2.45, 2.75) is 58.2 Å². The molecule has 0 aromatic carbocycles. The first kappa shape index (κ1) is 24.7. The van der Waals surface area contributed by atoms with Crippen molar-refractivity contribution in [1.82, 2.24) is 14.9 Å². The Balaban J connectivity index is 2.22. The number of hydrogen-bond donors (Lipinski definition) is 2. The number of nitrogens with zero attached hydrogens (tertiary/aromatic N) is 3. The smallest absolute Gasteiger partial charge is 0.409 e. The highest BCUT2D eigenvalue weighted by atomic mass is 16.6. The van der Waals surface area contributed by atoms with Crippen molar-refractivity contribution in [2.75, 3.05) is 34.4 Å². The van der Waals surface area contributed by atoms with Crippen LogP contribution in [0.2, 0.25) is 0 Å². The number of pyridine rings is 1. The number of ether oxygens (including phenoxy) is 3. The summed E-state index contributed by atoms with van der Waals surface area (Å²) in [6.45, 7) is 2.84. The molecule has 4 N–H and O–H groups in total. The molecular weight excluding hydrogens is 398 g/mol. The standard InChI is InChI=1S/C22H37N5O4/c1-5-13-26(2)22(28)30-15-19(27(3)24)21(23)17-11-12-20(18(25-17)14-29-4)31-16-9-7-6-8-10-16/h11-12,16H,5-10,13-15,23-24H2,1-4H3/b21-19-. The molecule has 0 unspecified atom stereocenters. The van der Waals surface area contributed by atoms with Crippen LogP contribution in [0, 0.1) is 0 Å². The third kappa shape index (κ3) is 7.29. The van der Waals surface area contributed by atoms with Crippen LogP contribution in [0.15, 0.2) is 17.8 Å². The van der Waals surface area contributed by atoms with Gasteiger partial charge in [-0.05, 0) is 44.2 Å². The van der Waals surface area contributed by atoms with Crippen molar-refractivity contribution < 1.29 is 19.0 Å². The summed E-state index contributed by atoms with van der Waals surface area (Å²) in [5.41, 5.74) is 8.35. The number of rotatable bonds is 10. The number of methoxy groups -OCH3 is 1. The Kier molecular flexibility index (Phi) is 9.87. The van der Waals surface area contributed by atoms with Gasteiger partial charge in [-0.2, -0.15) is 0 Å². The predicted octanol–water partition coefficient (Wildman–Crippen LogP) is 2.85. The summed E-state index contributed by atoms with van der Waals surface area (Å²) in [6.07, 6.45) is 6.35. The number of carbonyl (C=O) groups is 1. The minimum Gasteiger partial charge on any atom is -0.488 e. The summed E-state index contributed by atoms with van der Waals surface area (Å²) in [5.74, 6) is 6.67. The molecular formula is C22H37N5O4. The van der Waals surface area contributed by atoms with E-state index >= 15 is 0 Å². The van der Waals surface area contributed by atoms with Gasteiger partial charge in [0.15, 0.2) is 0 Å². The largest absolute Gasteiger partial charge is 0.488 e. The van der Waals surface area contributed by atoms with E-state index in [1.54, 1.807) is 27.3 Å². The van der Waals surface area contributed by atoms with Crippen LogP contribution >= 0.6 is 0 Å². The highest BCUT2D eigenvalue weighted by Crippen LogP contribution is 2.27. The summed E-state index contributed by atoms with van der Waals surface area (Å²) in [4.78, 5) is 18.3. The molecule has 1 amide bonds. The van der Waals surface area contributed by atoms with E-state index in [2.05, 4.69) is 4.98 Å². The number of hydrazine groups is 1. The molecule has 0 radical (unpaired) electrons. The average molecular weight is 436 g/mol. The summed E-state index contributed by atoms with van der Waals surface area (Å²) < 4.78 is 16.9. The van der Waals surface area contributed by atoms with E-state index in [1.807, 2.05) is 13.0 Å². The molecule has 2 rings (SSSR count). The Labute approximate surface area is 185 Å². The summed E-state index contributed by atoms with van der Waals surface area (Å²) in [6, 6.07) is 3.66. The summed E-state index contributed by atoms with van der Waals surface area (Å²) in [7, 11) is 4.94. The van der Waals surface area contributed by atoms with Crippen LogP contribution in [0.3, 0.4) is 0 Å². The minimum atomic E-state index is -0.432. The lowest BCUT2D eigenvalue weighted by Crippen LogP contribution is -2.34. The number of hydrogen-bond acceptors (Lipinski definition) is 8. The second kappa shape index (κ2) is 12.4. The van der Waals surface area contributed by atoms with Gasteiger partial charge in [-0.3, -0.25) is 0 Å². The lowest BCUT2D eigenvalue weighted by Gasteiger charge is -2.24. The van der Waals surface area contributed by atoms with Crippen molar-refractivity contribution in [2.24, 2.45) is 11.6 Å². The highest BCUT2D eigenvalue weighted by molar-refractivity contribution is 5.68. The van der Waals surface area contributed by atoms with Gasteiger partial charge in [-0.1, -0.05) is 13.3 Å². The maximum absolute atomic E-state index is 12.1. The Hall–Kier alpha value is -2.52. The van der Waals surface area contributed by atoms with E-state index in [0.29, 0.717) is 41.7 Å². The molecule has 1 aromatic rings. The topological polar surface area (TPSA) is 116 Å². The molecule has 1 saturated carbocycles. The van der Waals surface area contributed by atoms with Crippen LogP contribution in [0.4, 0.5) is 4.79 Å². The normalized spacial score (nSPS) is 15.3. The number of aromatic nitrogens is 1. The van der Waals surface area contributed by atoms with Gasteiger partial charge in [0, 0.05) is 27.7 Å². The van der Waals surface area contributed by atoms with E-state index in [4.69, 9.17) is 25.8 Å². The van der Waals surface area contributed by atoms with E-state index in [-0.39, 0.29) is 12.7 Å². The van der Waals surface area contributed by atoms with Gasteiger partial charge < -0.3 is 29.9 Å². The van der Waals surface area contributed by atoms with Crippen LogP contribution in [0.5, 0.6) is 5.75 Å². The molecule has 0 aliphatic heterocycles. The molecule has 1 fully saturated rings. The van der Waals surface area contributed by atoms with Gasteiger partial charge in [0.2, 0.25) is 0 Å². The molecule has 0 saturated heterocycles. The first-order chi connectivity index (χ1) is 14.9. The second-order valence-corrected chi connectivity index (χ2v) is 7.90. The summed E-state index contributed by atoms with van der Waals surface area (Å²) >= 11 is 0. The molecule has 9 nitrogen and oxygen atoms in total. The number of likely N-dealkylation sites (N-methyl/N-ethyl adjacent to an activating group) is 1. The molecule has 1 aliphatic rings. The van der Waals surface area contributed by atoms with Crippen LogP contribution in [0.25, 0.3) is 5.70 Å². The van der Waals surface area contributed by atoms with Crippen molar-refractivity contribution in [3.8, 4) is 5.75 Å². The van der Waals surface area contributed by atoms with Gasteiger partial charge in [0.25, 0.3) is 0 Å². The van der Waals surface area contributed by atoms with Gasteiger partial charge in [-0.15, -0.1) is 0 Å². The monoisotopic (exact) mass is 435 g/mol. The highest BCUT2D eigenvalue weighted by Gasteiger charge is 2.19. The Morgan fingerprint density at radius 2 is 1.94 bits per heavy atom. The van der Waals surface area contributed by atoms with Crippen LogP contribution < -0.4 is 16.3 Å². The Morgan fingerprint density at radius 1 is 1.23 bits per heavy atom. The fraction of sp³-hybridized carbons (Fsp3) is 0.636. The van der Waals surface area contributed by atoms with Gasteiger partial charge >= 0.3 is 6.09 Å². The van der Waals surface area contributed by atoms with Crippen LogP contribution in [-0.4, -0.2) is 61.4 Å². The van der Waals surface area contributed by atoms with E-state index in [9.17, 15) is 4.79 Å². The summed E-state index contributed by atoms with van der Waals surface area (Å²) in [5, 5.41) is 1.34. The molecule has 1 aliphatic carbocycles. The van der Waals surface area contributed by atoms with Gasteiger partial charge in [-0.25, -0.2) is 15.6 Å². The number of nitrogens with two attached hydrogens (primary N) is 2. The van der Waals surface area contributed by atoms with E-state index in [1.165, 1.54) is 29.2 Å². The van der Waals surface area contributed by atoms with Crippen molar-refractivity contribution in [1.29, 1.82) is 0 Å². The van der Waals surface area contributed by atoms with Crippen molar-refractivity contribution in [3.05, 3.63) is 29.2 Å². The average Bonchev–Trinajstić information content (AvgIpc) is 2.75. The molecule has 9 heteroatoms. The van der Waals surface area contributed by atoms with E-state index < -0.39 is 6.09 Å². The van der Waals surface area contributed by atoms with E-state index in [0.717, 1.165) is 19.3 Å². The van der Waals surface area contributed by atoms with Crippen molar-refractivity contribution >= 4 is 11.8 Å². The second-order valence-electron chi connectivity index (χ2n) is 7.90. The quantitative estimate of drug-likeness (QED) is 0.426. The molecule has 1 aromatic heterocycles. The predicted molar refractivity (Wildman–Crippen MR) is 120 cm³/mol. The number of amides is 1. The molecule has 31 heavy (non-hydrogen) atoms. The molecule has 1 heterocycles. The van der Waals surface area contributed by atoms with Gasteiger partial charge in [0.05, 0.1) is 29.8 Å². The zero-order valence-electron chi connectivity index (χ0n) is 19.2. The Bertz CT molecular complexity index is 747. The third-order valence-electron chi connectivity index (χ3n) is 5.27. The first-order valence-electron chi connectivity index (χ1n) is 10.9. The van der Waals surface area contributed by atoms with Crippen LogP contribution in [-0.2, 0) is 16.1 Å².